The van der Waals surface area contributed by atoms with Crippen molar-refractivity contribution in [3.05, 3.63) is 64.0 Å². The van der Waals surface area contributed by atoms with Crippen LogP contribution in [0.5, 0.6) is 5.75 Å². The fourth-order valence-corrected chi connectivity index (χ4v) is 2.72. The van der Waals surface area contributed by atoms with Crippen molar-refractivity contribution in [2.24, 2.45) is 5.73 Å². The van der Waals surface area contributed by atoms with Crippen molar-refractivity contribution >= 4 is 23.2 Å². The molecule has 0 saturated carbocycles. The standard InChI is InChI=1S/C18H19FN4O5/c1-22(17(18(20)25)11-4-3-5-12(19)8-11)10-16(24)21-14-7-6-13(23(26)27)9-15(14)28-2/h3-9,17H,10H2,1-2H3,(H2,20,25)(H,21,24). The van der Waals surface area contributed by atoms with Crippen molar-refractivity contribution in [2.45, 2.75) is 6.04 Å². The molecule has 1 unspecified atom stereocenters. The molecule has 0 aliphatic heterocycles. The molecule has 0 spiro atoms. The summed E-state index contributed by atoms with van der Waals surface area (Å²) in [5.74, 6) is -1.68. The van der Waals surface area contributed by atoms with Gasteiger partial charge in [-0.3, -0.25) is 24.6 Å². The molecule has 9 nitrogen and oxygen atoms in total. The average molecular weight is 390 g/mol. The lowest BCUT2D eigenvalue weighted by Crippen LogP contribution is -2.39. The van der Waals surface area contributed by atoms with E-state index in [1.807, 2.05) is 0 Å². The monoisotopic (exact) mass is 390 g/mol. The number of non-ortho nitro benzene ring substituents is 1. The molecule has 2 aromatic rings. The van der Waals surface area contributed by atoms with Gasteiger partial charge in [0.15, 0.2) is 0 Å². The predicted molar refractivity (Wildman–Crippen MR) is 99.2 cm³/mol. The number of hydrogen-bond acceptors (Lipinski definition) is 6. The predicted octanol–water partition coefficient (Wildman–Crippen LogP) is 1.84. The van der Waals surface area contributed by atoms with Crippen LogP contribution in [-0.2, 0) is 9.59 Å². The number of likely N-dealkylation sites (N-methyl/N-ethyl adjacent to an activating group) is 1. The molecule has 0 saturated heterocycles. The first-order valence-electron chi connectivity index (χ1n) is 8.10. The molecule has 0 bridgehead atoms. The molecule has 0 aliphatic carbocycles. The van der Waals surface area contributed by atoms with Crippen molar-refractivity contribution in [1.29, 1.82) is 0 Å². The second-order valence-corrected chi connectivity index (χ2v) is 5.96. The SMILES string of the molecule is COc1cc([N+](=O)[O-])ccc1NC(=O)CN(C)C(C(N)=O)c1cccc(F)c1. The van der Waals surface area contributed by atoms with E-state index in [1.54, 1.807) is 0 Å². The third-order valence-electron chi connectivity index (χ3n) is 3.94. The maximum Gasteiger partial charge on any atom is 0.273 e. The van der Waals surface area contributed by atoms with Crippen molar-refractivity contribution in [3.8, 4) is 5.75 Å². The Morgan fingerprint density at radius 3 is 2.61 bits per heavy atom. The van der Waals surface area contributed by atoms with Gasteiger partial charge in [-0.05, 0) is 30.8 Å². The number of ether oxygens (including phenoxy) is 1. The van der Waals surface area contributed by atoms with E-state index in [1.165, 1.54) is 61.5 Å². The number of rotatable bonds is 8. The molecule has 0 aromatic heterocycles. The van der Waals surface area contributed by atoms with Gasteiger partial charge in [0.2, 0.25) is 11.8 Å². The highest BCUT2D eigenvalue weighted by Crippen LogP contribution is 2.29. The molecule has 0 heterocycles. The molecule has 10 heteroatoms. The smallest absolute Gasteiger partial charge is 0.273 e. The summed E-state index contributed by atoms with van der Waals surface area (Å²) in [5.41, 5.74) is 5.78. The number of nitrogens with zero attached hydrogens (tertiary/aromatic N) is 2. The van der Waals surface area contributed by atoms with E-state index < -0.39 is 28.6 Å². The summed E-state index contributed by atoms with van der Waals surface area (Å²) in [6, 6.07) is 8.10. The van der Waals surface area contributed by atoms with Crippen LogP contribution in [0.1, 0.15) is 11.6 Å². The second-order valence-electron chi connectivity index (χ2n) is 5.96. The van der Waals surface area contributed by atoms with Crippen LogP contribution in [0.15, 0.2) is 42.5 Å². The maximum atomic E-state index is 13.5. The summed E-state index contributed by atoms with van der Waals surface area (Å²) in [4.78, 5) is 35.8. The Hall–Kier alpha value is -3.53. The Morgan fingerprint density at radius 1 is 1.32 bits per heavy atom. The number of nitro benzene ring substituents is 1. The van der Waals surface area contributed by atoms with Crippen LogP contribution in [-0.4, -0.2) is 42.3 Å². The number of methoxy groups -OCH3 is 1. The van der Waals surface area contributed by atoms with Crippen LogP contribution in [0.3, 0.4) is 0 Å². The summed E-state index contributed by atoms with van der Waals surface area (Å²) in [6.45, 7) is -0.246. The quantitative estimate of drug-likeness (QED) is 0.523. The van der Waals surface area contributed by atoms with E-state index in [2.05, 4.69) is 5.32 Å². The van der Waals surface area contributed by atoms with E-state index in [4.69, 9.17) is 10.5 Å². The number of amides is 2. The fourth-order valence-electron chi connectivity index (χ4n) is 2.72. The summed E-state index contributed by atoms with van der Waals surface area (Å²) < 4.78 is 18.5. The highest BCUT2D eigenvalue weighted by Gasteiger charge is 2.25. The molecular formula is C18H19FN4O5. The number of halogens is 1. The number of carbonyl (C=O) groups excluding carboxylic acids is 2. The minimum atomic E-state index is -1.01. The van der Waals surface area contributed by atoms with Gasteiger partial charge in [-0.25, -0.2) is 4.39 Å². The Balaban J connectivity index is 2.15. The van der Waals surface area contributed by atoms with Gasteiger partial charge in [0.25, 0.3) is 5.69 Å². The number of primary amides is 1. The minimum absolute atomic E-state index is 0.113. The van der Waals surface area contributed by atoms with Crippen LogP contribution in [0.2, 0.25) is 0 Å². The Labute approximate surface area is 160 Å². The van der Waals surface area contributed by atoms with Gasteiger partial charge in [-0.2, -0.15) is 0 Å². The number of nitrogens with two attached hydrogens (primary N) is 1. The van der Waals surface area contributed by atoms with Crippen molar-refractivity contribution in [3.63, 3.8) is 0 Å². The lowest BCUT2D eigenvalue weighted by atomic mass is 10.0. The number of hydrogen-bond donors (Lipinski definition) is 2. The molecule has 2 aromatic carbocycles. The van der Waals surface area contributed by atoms with Gasteiger partial charge >= 0.3 is 0 Å². The van der Waals surface area contributed by atoms with Crippen LogP contribution >= 0.6 is 0 Å². The van der Waals surface area contributed by atoms with Crippen molar-refractivity contribution < 1.29 is 23.6 Å². The van der Waals surface area contributed by atoms with Crippen molar-refractivity contribution in [1.82, 2.24) is 4.90 Å². The molecule has 3 N–H and O–H groups in total. The largest absolute Gasteiger partial charge is 0.494 e. The second kappa shape index (κ2) is 8.91. The summed E-state index contributed by atoms with van der Waals surface area (Å²) >= 11 is 0. The molecule has 0 fully saturated rings. The zero-order valence-corrected chi connectivity index (χ0v) is 15.2. The lowest BCUT2D eigenvalue weighted by molar-refractivity contribution is -0.384. The molecule has 2 rings (SSSR count). The van der Waals surface area contributed by atoms with Gasteiger partial charge in [0.1, 0.15) is 17.6 Å². The number of benzene rings is 2. The summed E-state index contributed by atoms with van der Waals surface area (Å²) in [6.07, 6.45) is 0. The first-order chi connectivity index (χ1) is 13.2. The molecule has 28 heavy (non-hydrogen) atoms. The topological polar surface area (TPSA) is 128 Å². The first-order valence-corrected chi connectivity index (χ1v) is 8.10. The van der Waals surface area contributed by atoms with E-state index in [0.29, 0.717) is 5.56 Å². The van der Waals surface area contributed by atoms with E-state index in [9.17, 15) is 24.1 Å². The van der Waals surface area contributed by atoms with Gasteiger partial charge in [-0.1, -0.05) is 12.1 Å². The fraction of sp³-hybridized carbons (Fsp3) is 0.222. The third-order valence-corrected chi connectivity index (χ3v) is 3.94. The zero-order valence-electron chi connectivity index (χ0n) is 15.2. The highest BCUT2D eigenvalue weighted by molar-refractivity contribution is 5.94. The average Bonchev–Trinajstić information content (AvgIpc) is 2.61. The molecule has 1 atom stereocenters. The lowest BCUT2D eigenvalue weighted by Gasteiger charge is -2.25. The number of nitrogens with one attached hydrogen (secondary N) is 1. The van der Waals surface area contributed by atoms with Crippen LogP contribution in [0, 0.1) is 15.9 Å². The first kappa shape index (κ1) is 20.8. The molecule has 2 amide bonds. The summed E-state index contributed by atoms with van der Waals surface area (Å²) in [5, 5.41) is 13.4. The van der Waals surface area contributed by atoms with Crippen LogP contribution in [0.4, 0.5) is 15.8 Å². The highest BCUT2D eigenvalue weighted by atomic mass is 19.1. The van der Waals surface area contributed by atoms with E-state index in [-0.39, 0.29) is 23.7 Å². The van der Waals surface area contributed by atoms with Gasteiger partial charge in [0, 0.05) is 6.07 Å². The summed E-state index contributed by atoms with van der Waals surface area (Å²) in [7, 11) is 2.81. The molecular weight excluding hydrogens is 371 g/mol. The zero-order chi connectivity index (χ0) is 20.8. The van der Waals surface area contributed by atoms with E-state index in [0.717, 1.165) is 0 Å². The van der Waals surface area contributed by atoms with Gasteiger partial charge < -0.3 is 15.8 Å². The minimum Gasteiger partial charge on any atom is -0.494 e. The molecule has 0 aliphatic rings. The Kier molecular flexibility index (Phi) is 6.61. The number of nitro groups is 1. The van der Waals surface area contributed by atoms with Gasteiger partial charge in [-0.15, -0.1) is 0 Å². The Morgan fingerprint density at radius 2 is 2.04 bits per heavy atom. The van der Waals surface area contributed by atoms with Crippen molar-refractivity contribution in [2.75, 3.05) is 26.0 Å². The maximum absolute atomic E-state index is 13.5. The van der Waals surface area contributed by atoms with Gasteiger partial charge in [0.05, 0.1) is 30.3 Å². The van der Waals surface area contributed by atoms with E-state index >= 15 is 0 Å². The normalized spacial score (nSPS) is 11.7. The Bertz CT molecular complexity index is 905. The number of carbonyl (C=O) groups is 2. The number of anilines is 1. The third kappa shape index (κ3) is 5.01. The molecule has 0 radical (unpaired) electrons. The van der Waals surface area contributed by atoms with Crippen LogP contribution < -0.4 is 15.8 Å². The van der Waals surface area contributed by atoms with Crippen LogP contribution in [0.25, 0.3) is 0 Å². The molecule has 148 valence electrons.